The molecule has 39 heavy (non-hydrogen) atoms. The highest BCUT2D eigenvalue weighted by molar-refractivity contribution is 6.06. The van der Waals surface area contributed by atoms with Gasteiger partial charge >= 0.3 is 12.1 Å². The first kappa shape index (κ1) is 27.9. The standard InChI is InChI=1S/C32H36N2O5/c1-5-38-29(35)19-24-11-6-7-15-28(24)34-30(36)25-17-23-13-9-14-26(23)27(18-25)22-12-8-10-21(16-22)20-33-31(37)39-32(2,3)4/h6-8,10-12,15-18H,5,9,13-14,19-20H2,1-4H3,(H,33,37)(H,34,36). The van der Waals surface area contributed by atoms with Crippen molar-refractivity contribution in [2.45, 2.75) is 65.5 Å². The Morgan fingerprint density at radius 2 is 1.74 bits per heavy atom. The maximum atomic E-state index is 13.4. The number of benzene rings is 3. The smallest absolute Gasteiger partial charge is 0.407 e. The summed E-state index contributed by atoms with van der Waals surface area (Å²) in [6.07, 6.45) is 2.54. The first-order chi connectivity index (χ1) is 18.6. The molecule has 1 aliphatic rings. The highest BCUT2D eigenvalue weighted by atomic mass is 16.6. The maximum absolute atomic E-state index is 13.4. The zero-order valence-corrected chi connectivity index (χ0v) is 23.1. The fraction of sp³-hybridized carbons (Fsp3) is 0.344. The van der Waals surface area contributed by atoms with E-state index in [1.165, 1.54) is 11.1 Å². The number of alkyl carbamates (subject to hydrolysis) is 1. The van der Waals surface area contributed by atoms with Crippen LogP contribution in [0.15, 0.2) is 60.7 Å². The first-order valence-corrected chi connectivity index (χ1v) is 13.4. The van der Waals surface area contributed by atoms with Crippen molar-refractivity contribution in [3.63, 3.8) is 0 Å². The first-order valence-electron chi connectivity index (χ1n) is 13.4. The van der Waals surface area contributed by atoms with Gasteiger partial charge in [0.25, 0.3) is 5.91 Å². The Morgan fingerprint density at radius 3 is 2.51 bits per heavy atom. The lowest BCUT2D eigenvalue weighted by atomic mass is 9.93. The lowest BCUT2D eigenvalue weighted by molar-refractivity contribution is -0.142. The van der Waals surface area contributed by atoms with Crippen LogP contribution in [0.5, 0.6) is 0 Å². The van der Waals surface area contributed by atoms with E-state index in [9.17, 15) is 14.4 Å². The average molecular weight is 529 g/mol. The summed E-state index contributed by atoms with van der Waals surface area (Å²) in [5.74, 6) is -0.565. The predicted molar refractivity (Wildman–Crippen MR) is 152 cm³/mol. The number of esters is 1. The molecule has 0 spiro atoms. The number of fused-ring (bicyclic) bond motifs is 1. The molecule has 0 atom stereocenters. The second-order valence-electron chi connectivity index (χ2n) is 10.7. The van der Waals surface area contributed by atoms with Crippen molar-refractivity contribution in [2.75, 3.05) is 11.9 Å². The van der Waals surface area contributed by atoms with Crippen molar-refractivity contribution in [3.05, 3.63) is 88.5 Å². The molecule has 204 valence electrons. The molecule has 3 aromatic carbocycles. The van der Waals surface area contributed by atoms with Gasteiger partial charge in [-0.3, -0.25) is 9.59 Å². The zero-order chi connectivity index (χ0) is 28.0. The number of aryl methyl sites for hydroxylation is 1. The monoisotopic (exact) mass is 528 g/mol. The van der Waals surface area contributed by atoms with E-state index >= 15 is 0 Å². The third-order valence-corrected chi connectivity index (χ3v) is 6.46. The second kappa shape index (κ2) is 12.2. The molecule has 0 unspecified atom stereocenters. The van der Waals surface area contributed by atoms with E-state index in [1.54, 1.807) is 13.0 Å². The quantitative estimate of drug-likeness (QED) is 0.338. The van der Waals surface area contributed by atoms with Gasteiger partial charge in [0.15, 0.2) is 0 Å². The average Bonchev–Trinajstić information content (AvgIpc) is 3.36. The van der Waals surface area contributed by atoms with Crippen molar-refractivity contribution in [2.24, 2.45) is 0 Å². The molecule has 2 N–H and O–H groups in total. The minimum Gasteiger partial charge on any atom is -0.466 e. The Balaban J connectivity index is 1.57. The topological polar surface area (TPSA) is 93.7 Å². The van der Waals surface area contributed by atoms with E-state index in [2.05, 4.69) is 10.6 Å². The molecule has 7 heteroatoms. The SMILES string of the molecule is CCOC(=O)Cc1ccccc1NC(=O)c1cc2c(c(-c3cccc(CNC(=O)OC(C)(C)C)c3)c1)CCC2. The van der Waals surface area contributed by atoms with Crippen molar-refractivity contribution in [1.29, 1.82) is 0 Å². The number of nitrogens with one attached hydrogen (secondary N) is 2. The van der Waals surface area contributed by atoms with E-state index in [-0.39, 0.29) is 18.3 Å². The Kier molecular flexibility index (Phi) is 8.69. The van der Waals surface area contributed by atoms with Crippen molar-refractivity contribution in [3.8, 4) is 11.1 Å². The number of hydrogen-bond donors (Lipinski definition) is 2. The molecule has 0 bridgehead atoms. The Labute approximate surface area is 229 Å². The normalized spacial score (nSPS) is 12.4. The minimum atomic E-state index is -0.563. The summed E-state index contributed by atoms with van der Waals surface area (Å²) in [6.45, 7) is 7.90. The van der Waals surface area contributed by atoms with Crippen LogP contribution in [0, 0.1) is 0 Å². The molecule has 1 aliphatic carbocycles. The van der Waals surface area contributed by atoms with Crippen molar-refractivity contribution >= 4 is 23.7 Å². The van der Waals surface area contributed by atoms with Gasteiger partial charge in [-0.25, -0.2) is 4.79 Å². The highest BCUT2D eigenvalue weighted by Gasteiger charge is 2.21. The summed E-state index contributed by atoms with van der Waals surface area (Å²) in [5, 5.41) is 5.81. The largest absolute Gasteiger partial charge is 0.466 e. The van der Waals surface area contributed by atoms with Gasteiger partial charge in [-0.2, -0.15) is 0 Å². The zero-order valence-electron chi connectivity index (χ0n) is 23.1. The number of amides is 2. The summed E-state index contributed by atoms with van der Waals surface area (Å²) in [4.78, 5) is 37.6. The second-order valence-corrected chi connectivity index (χ2v) is 10.7. The number of ether oxygens (including phenoxy) is 2. The van der Waals surface area contributed by atoms with E-state index in [0.29, 0.717) is 30.0 Å². The maximum Gasteiger partial charge on any atom is 0.407 e. The number of anilines is 1. The van der Waals surface area contributed by atoms with Crippen molar-refractivity contribution in [1.82, 2.24) is 5.32 Å². The lowest BCUT2D eigenvalue weighted by Crippen LogP contribution is -2.32. The summed E-state index contributed by atoms with van der Waals surface area (Å²) in [5.41, 5.74) is 6.68. The van der Waals surface area contributed by atoms with Gasteiger partial charge in [-0.1, -0.05) is 36.4 Å². The lowest BCUT2D eigenvalue weighted by Gasteiger charge is -2.19. The van der Waals surface area contributed by atoms with Crippen molar-refractivity contribution < 1.29 is 23.9 Å². The summed E-state index contributed by atoms with van der Waals surface area (Å²) in [6, 6.07) is 19.2. The van der Waals surface area contributed by atoms with Gasteiger partial charge in [0.05, 0.1) is 13.0 Å². The van der Waals surface area contributed by atoms with Crippen LogP contribution in [0.25, 0.3) is 11.1 Å². The molecule has 0 saturated heterocycles. The van der Waals surface area contributed by atoms with Crippen LogP contribution in [-0.2, 0) is 40.1 Å². The fourth-order valence-electron chi connectivity index (χ4n) is 4.79. The summed E-state index contributed by atoms with van der Waals surface area (Å²) < 4.78 is 10.4. The van der Waals surface area contributed by atoms with Gasteiger partial charge in [-0.15, -0.1) is 0 Å². The summed E-state index contributed by atoms with van der Waals surface area (Å²) in [7, 11) is 0. The number of rotatable bonds is 8. The number of carbonyl (C=O) groups is 3. The van der Waals surface area contributed by atoms with Crippen LogP contribution < -0.4 is 10.6 Å². The molecular formula is C32H36N2O5. The highest BCUT2D eigenvalue weighted by Crippen LogP contribution is 2.34. The fourth-order valence-corrected chi connectivity index (χ4v) is 4.79. The Bertz CT molecular complexity index is 1370. The van der Waals surface area contributed by atoms with Crippen LogP contribution in [0.4, 0.5) is 10.5 Å². The van der Waals surface area contributed by atoms with Gasteiger partial charge in [0.1, 0.15) is 5.60 Å². The number of para-hydroxylation sites is 1. The molecule has 2 amide bonds. The minimum absolute atomic E-state index is 0.0872. The third-order valence-electron chi connectivity index (χ3n) is 6.46. The number of hydrogen-bond acceptors (Lipinski definition) is 5. The van der Waals surface area contributed by atoms with E-state index < -0.39 is 11.7 Å². The van der Waals surface area contributed by atoms with Gasteiger partial charge < -0.3 is 20.1 Å². The molecule has 0 saturated carbocycles. The van der Waals surface area contributed by atoms with E-state index in [0.717, 1.165) is 36.0 Å². The van der Waals surface area contributed by atoms with Crippen LogP contribution in [-0.4, -0.2) is 30.2 Å². The number of carbonyl (C=O) groups excluding carboxylic acids is 3. The predicted octanol–water partition coefficient (Wildman–Crippen LogP) is 6.22. The molecule has 3 aromatic rings. The van der Waals surface area contributed by atoms with Crippen LogP contribution >= 0.6 is 0 Å². The molecule has 0 heterocycles. The molecule has 0 radical (unpaired) electrons. The Hall–Kier alpha value is -4.13. The van der Waals surface area contributed by atoms with Gasteiger partial charge in [0, 0.05) is 17.8 Å². The van der Waals surface area contributed by atoms with Crippen LogP contribution in [0.1, 0.15) is 66.7 Å². The molecule has 0 aromatic heterocycles. The third kappa shape index (κ3) is 7.47. The molecule has 4 rings (SSSR count). The molecule has 0 fully saturated rings. The Morgan fingerprint density at radius 1 is 0.949 bits per heavy atom. The molecule has 7 nitrogen and oxygen atoms in total. The van der Waals surface area contributed by atoms with E-state index in [1.807, 2.05) is 75.4 Å². The van der Waals surface area contributed by atoms with E-state index in [4.69, 9.17) is 9.47 Å². The molecule has 0 aliphatic heterocycles. The van der Waals surface area contributed by atoms with Gasteiger partial charge in [0.2, 0.25) is 0 Å². The summed E-state index contributed by atoms with van der Waals surface area (Å²) >= 11 is 0. The van der Waals surface area contributed by atoms with Crippen LogP contribution in [0.3, 0.4) is 0 Å². The molecular weight excluding hydrogens is 492 g/mol. The van der Waals surface area contributed by atoms with Crippen LogP contribution in [0.2, 0.25) is 0 Å². The van der Waals surface area contributed by atoms with Gasteiger partial charge in [-0.05, 0) is 105 Å².